The van der Waals surface area contributed by atoms with Gasteiger partial charge in [-0.15, -0.1) is 0 Å². The van der Waals surface area contributed by atoms with Gasteiger partial charge < -0.3 is 10.2 Å². The summed E-state index contributed by atoms with van der Waals surface area (Å²) in [5, 5.41) is 2.90. The van der Waals surface area contributed by atoms with E-state index in [1.54, 1.807) is 11.4 Å². The van der Waals surface area contributed by atoms with Gasteiger partial charge in [-0.3, -0.25) is 0 Å². The van der Waals surface area contributed by atoms with Crippen LogP contribution in [0.25, 0.3) is 0 Å². The molecule has 0 spiro atoms. The van der Waals surface area contributed by atoms with Crippen LogP contribution in [0, 0.1) is 5.92 Å². The molecule has 1 N–H and O–H groups in total. The Balaban J connectivity index is 1.92. The van der Waals surface area contributed by atoms with E-state index in [-0.39, 0.29) is 5.25 Å². The standard InChI is InChI=1S/C11H23N3O2S/c1-13-6-4-10(8-13)9-14(2)17(15,16)11-3-5-12-7-11/h10-12H,3-9H2,1-2H3. The molecule has 2 fully saturated rings. The second kappa shape index (κ2) is 5.22. The largest absolute Gasteiger partial charge is 0.315 e. The van der Waals surface area contributed by atoms with Crippen LogP contribution in [0.4, 0.5) is 0 Å². The third-order valence-corrected chi connectivity index (χ3v) is 6.14. The lowest BCUT2D eigenvalue weighted by Gasteiger charge is -2.23. The van der Waals surface area contributed by atoms with Crippen LogP contribution in [-0.4, -0.2) is 69.7 Å². The minimum absolute atomic E-state index is 0.216. The summed E-state index contributed by atoms with van der Waals surface area (Å²) in [6.07, 6.45) is 1.86. The Bertz CT molecular complexity index is 352. The number of likely N-dealkylation sites (tertiary alicyclic amines) is 1. The summed E-state index contributed by atoms with van der Waals surface area (Å²) in [6, 6.07) is 0. The van der Waals surface area contributed by atoms with Crippen LogP contribution in [0.15, 0.2) is 0 Å². The van der Waals surface area contributed by atoms with E-state index in [4.69, 9.17) is 0 Å². The Morgan fingerprint density at radius 2 is 2.18 bits per heavy atom. The van der Waals surface area contributed by atoms with Gasteiger partial charge in [0.15, 0.2) is 0 Å². The first kappa shape index (κ1) is 13.3. The molecule has 0 aromatic carbocycles. The van der Waals surface area contributed by atoms with Gasteiger partial charge in [0, 0.05) is 26.7 Å². The number of hydrogen-bond acceptors (Lipinski definition) is 4. The zero-order chi connectivity index (χ0) is 12.5. The number of nitrogens with one attached hydrogen (secondary N) is 1. The van der Waals surface area contributed by atoms with Crippen molar-refractivity contribution in [3.8, 4) is 0 Å². The summed E-state index contributed by atoms with van der Waals surface area (Å²) in [4.78, 5) is 2.27. The summed E-state index contributed by atoms with van der Waals surface area (Å²) in [5.41, 5.74) is 0. The summed E-state index contributed by atoms with van der Waals surface area (Å²) in [5.74, 6) is 0.495. The second-order valence-corrected chi connectivity index (χ2v) is 7.68. The minimum Gasteiger partial charge on any atom is -0.315 e. The second-order valence-electron chi connectivity index (χ2n) is 5.36. The van der Waals surface area contributed by atoms with Crippen molar-refractivity contribution in [2.75, 3.05) is 46.8 Å². The van der Waals surface area contributed by atoms with Crippen LogP contribution in [0.2, 0.25) is 0 Å². The van der Waals surface area contributed by atoms with Gasteiger partial charge in [0.05, 0.1) is 5.25 Å². The third-order valence-electron chi connectivity index (χ3n) is 3.88. The smallest absolute Gasteiger partial charge is 0.218 e. The number of nitrogens with zero attached hydrogens (tertiary/aromatic N) is 2. The van der Waals surface area contributed by atoms with Gasteiger partial charge in [0.1, 0.15) is 0 Å². The summed E-state index contributed by atoms with van der Waals surface area (Å²) in [6.45, 7) is 4.20. The molecule has 6 heteroatoms. The number of rotatable bonds is 4. The lowest BCUT2D eigenvalue weighted by atomic mass is 10.1. The maximum atomic E-state index is 12.3. The van der Waals surface area contributed by atoms with Gasteiger partial charge in [-0.05, 0) is 38.9 Å². The van der Waals surface area contributed by atoms with Gasteiger partial charge in [-0.1, -0.05) is 0 Å². The Hall–Kier alpha value is -0.170. The molecule has 2 rings (SSSR count). The van der Waals surface area contributed by atoms with Crippen molar-refractivity contribution in [2.24, 2.45) is 5.92 Å². The molecule has 100 valence electrons. The Morgan fingerprint density at radius 3 is 2.71 bits per heavy atom. The van der Waals surface area contributed by atoms with E-state index in [0.717, 1.165) is 32.5 Å². The number of hydrogen-bond donors (Lipinski definition) is 1. The highest BCUT2D eigenvalue weighted by molar-refractivity contribution is 7.89. The average molecular weight is 261 g/mol. The highest BCUT2D eigenvalue weighted by atomic mass is 32.2. The van der Waals surface area contributed by atoms with E-state index in [0.29, 0.717) is 19.0 Å². The fourth-order valence-electron chi connectivity index (χ4n) is 2.78. The maximum Gasteiger partial charge on any atom is 0.218 e. The molecule has 2 unspecified atom stereocenters. The quantitative estimate of drug-likeness (QED) is 0.745. The average Bonchev–Trinajstić information content (AvgIpc) is 2.89. The zero-order valence-corrected chi connectivity index (χ0v) is 11.5. The Labute approximate surface area is 104 Å². The monoisotopic (exact) mass is 261 g/mol. The lowest BCUT2D eigenvalue weighted by molar-refractivity contribution is 0.355. The third kappa shape index (κ3) is 2.99. The minimum atomic E-state index is -3.09. The molecule has 0 saturated carbocycles. The van der Waals surface area contributed by atoms with Crippen LogP contribution in [-0.2, 0) is 10.0 Å². The van der Waals surface area contributed by atoms with E-state index in [9.17, 15) is 8.42 Å². The van der Waals surface area contributed by atoms with Crippen LogP contribution in [0.5, 0.6) is 0 Å². The first-order valence-electron chi connectivity index (χ1n) is 6.34. The van der Waals surface area contributed by atoms with Crippen molar-refractivity contribution in [3.05, 3.63) is 0 Å². The molecule has 0 bridgehead atoms. The normalized spacial score (nSPS) is 31.5. The maximum absolute atomic E-state index is 12.3. The highest BCUT2D eigenvalue weighted by Crippen LogP contribution is 2.19. The first-order valence-corrected chi connectivity index (χ1v) is 7.85. The van der Waals surface area contributed by atoms with Crippen LogP contribution < -0.4 is 5.32 Å². The van der Waals surface area contributed by atoms with Crippen LogP contribution >= 0.6 is 0 Å². The van der Waals surface area contributed by atoms with Gasteiger partial charge in [0.2, 0.25) is 10.0 Å². The first-order chi connectivity index (χ1) is 8.00. The van der Waals surface area contributed by atoms with Gasteiger partial charge in [-0.25, -0.2) is 12.7 Å². The molecule has 0 radical (unpaired) electrons. The lowest BCUT2D eigenvalue weighted by Crippen LogP contribution is -2.40. The van der Waals surface area contributed by atoms with E-state index in [2.05, 4.69) is 17.3 Å². The molecule has 0 aromatic heterocycles. The molecular formula is C11H23N3O2S. The Morgan fingerprint density at radius 1 is 1.41 bits per heavy atom. The van der Waals surface area contributed by atoms with Crippen molar-refractivity contribution in [1.29, 1.82) is 0 Å². The SMILES string of the molecule is CN1CCC(CN(C)S(=O)(=O)C2CCNC2)C1. The highest BCUT2D eigenvalue weighted by Gasteiger charge is 2.33. The summed E-state index contributed by atoms with van der Waals surface area (Å²) >= 11 is 0. The molecule has 2 atom stereocenters. The molecule has 0 aromatic rings. The van der Waals surface area contributed by atoms with E-state index >= 15 is 0 Å². The molecule has 0 amide bonds. The molecule has 17 heavy (non-hydrogen) atoms. The topological polar surface area (TPSA) is 52.7 Å². The molecule has 0 aliphatic carbocycles. The van der Waals surface area contributed by atoms with E-state index in [1.807, 2.05) is 0 Å². The van der Waals surface area contributed by atoms with Gasteiger partial charge >= 0.3 is 0 Å². The van der Waals surface area contributed by atoms with Crippen molar-refractivity contribution in [2.45, 2.75) is 18.1 Å². The van der Waals surface area contributed by atoms with Crippen LogP contribution in [0.1, 0.15) is 12.8 Å². The van der Waals surface area contributed by atoms with Crippen molar-refractivity contribution < 1.29 is 8.42 Å². The van der Waals surface area contributed by atoms with Gasteiger partial charge in [-0.2, -0.15) is 0 Å². The molecule has 2 aliphatic heterocycles. The summed E-state index contributed by atoms with van der Waals surface area (Å²) < 4.78 is 26.1. The molecule has 2 heterocycles. The van der Waals surface area contributed by atoms with Crippen LogP contribution in [0.3, 0.4) is 0 Å². The predicted octanol–water partition coefficient (Wildman–Crippen LogP) is -0.438. The number of sulfonamides is 1. The molecular weight excluding hydrogens is 238 g/mol. The van der Waals surface area contributed by atoms with Gasteiger partial charge in [0.25, 0.3) is 0 Å². The summed E-state index contributed by atoms with van der Waals surface area (Å²) in [7, 11) is 0.729. The molecule has 2 saturated heterocycles. The predicted molar refractivity (Wildman–Crippen MR) is 68.4 cm³/mol. The fraction of sp³-hybridized carbons (Fsp3) is 1.00. The zero-order valence-electron chi connectivity index (χ0n) is 10.7. The molecule has 5 nitrogen and oxygen atoms in total. The van der Waals surface area contributed by atoms with Crippen molar-refractivity contribution >= 4 is 10.0 Å². The van der Waals surface area contributed by atoms with E-state index in [1.165, 1.54) is 0 Å². The van der Waals surface area contributed by atoms with Crippen molar-refractivity contribution in [1.82, 2.24) is 14.5 Å². The van der Waals surface area contributed by atoms with Crippen molar-refractivity contribution in [3.63, 3.8) is 0 Å². The Kier molecular flexibility index (Phi) is 4.07. The molecule has 2 aliphatic rings. The van der Waals surface area contributed by atoms with E-state index < -0.39 is 10.0 Å². The fourth-order valence-corrected chi connectivity index (χ4v) is 4.45.